The lowest BCUT2D eigenvalue weighted by atomic mass is 10.0. The summed E-state index contributed by atoms with van der Waals surface area (Å²) in [5.74, 6) is -0.0429. The first-order chi connectivity index (χ1) is 10.3. The number of allylic oxidation sites excluding steroid dienone is 1. The van der Waals surface area contributed by atoms with Gasteiger partial charge < -0.3 is 5.32 Å². The lowest BCUT2D eigenvalue weighted by Gasteiger charge is -1.99. The second kappa shape index (κ2) is 4.56. The van der Waals surface area contributed by atoms with Crippen molar-refractivity contribution >= 4 is 28.2 Å². The van der Waals surface area contributed by atoms with Gasteiger partial charge in [-0.1, -0.05) is 30.3 Å². The molecule has 0 saturated carbocycles. The van der Waals surface area contributed by atoms with Gasteiger partial charge in [0.1, 0.15) is 11.0 Å². The highest BCUT2D eigenvalue weighted by molar-refractivity contribution is 6.31. The SMILES string of the molecule is O=C1Nc2ccccc2/C1=C/Cc1ccc2n[nH]nc2c1. The Balaban J connectivity index is 1.67. The number of benzene rings is 2. The van der Waals surface area contributed by atoms with E-state index in [0.29, 0.717) is 6.42 Å². The van der Waals surface area contributed by atoms with Gasteiger partial charge in [0, 0.05) is 16.8 Å². The van der Waals surface area contributed by atoms with Crippen molar-refractivity contribution in [3.63, 3.8) is 0 Å². The normalized spacial score (nSPS) is 15.4. The number of amides is 1. The Labute approximate surface area is 120 Å². The molecule has 0 unspecified atom stereocenters. The molecule has 5 heteroatoms. The van der Waals surface area contributed by atoms with Gasteiger partial charge >= 0.3 is 0 Å². The van der Waals surface area contributed by atoms with Crippen molar-refractivity contribution in [3.8, 4) is 0 Å². The highest BCUT2D eigenvalue weighted by Crippen LogP contribution is 2.31. The van der Waals surface area contributed by atoms with Crippen LogP contribution in [-0.2, 0) is 11.2 Å². The molecule has 4 rings (SSSR count). The number of fused-ring (bicyclic) bond motifs is 2. The van der Waals surface area contributed by atoms with E-state index in [1.54, 1.807) is 0 Å². The van der Waals surface area contributed by atoms with Crippen LogP contribution in [0.5, 0.6) is 0 Å². The largest absolute Gasteiger partial charge is 0.321 e. The third-order valence-electron chi connectivity index (χ3n) is 3.63. The molecule has 2 heterocycles. The van der Waals surface area contributed by atoms with Crippen LogP contribution in [0.3, 0.4) is 0 Å². The Morgan fingerprint density at radius 3 is 2.86 bits per heavy atom. The maximum atomic E-state index is 12.0. The topological polar surface area (TPSA) is 70.7 Å². The average molecular weight is 276 g/mol. The fraction of sp³-hybridized carbons (Fsp3) is 0.0625. The van der Waals surface area contributed by atoms with Crippen molar-refractivity contribution < 1.29 is 4.79 Å². The molecule has 0 bridgehead atoms. The zero-order valence-corrected chi connectivity index (χ0v) is 11.1. The molecule has 2 N–H and O–H groups in total. The van der Waals surface area contributed by atoms with E-state index in [-0.39, 0.29) is 5.91 Å². The Bertz CT molecular complexity index is 879. The number of carbonyl (C=O) groups excluding carboxylic acids is 1. The van der Waals surface area contributed by atoms with E-state index in [4.69, 9.17) is 0 Å². The molecule has 0 fully saturated rings. The highest BCUT2D eigenvalue weighted by Gasteiger charge is 2.22. The molecule has 5 nitrogen and oxygen atoms in total. The van der Waals surface area contributed by atoms with Gasteiger partial charge in [-0.15, -0.1) is 0 Å². The molecule has 21 heavy (non-hydrogen) atoms. The number of carbonyl (C=O) groups is 1. The maximum absolute atomic E-state index is 12.0. The summed E-state index contributed by atoms with van der Waals surface area (Å²) >= 11 is 0. The molecule has 0 atom stereocenters. The lowest BCUT2D eigenvalue weighted by molar-refractivity contribution is -0.110. The number of aromatic nitrogens is 3. The van der Waals surface area contributed by atoms with Crippen LogP contribution in [0.1, 0.15) is 11.1 Å². The van der Waals surface area contributed by atoms with Crippen LogP contribution >= 0.6 is 0 Å². The van der Waals surface area contributed by atoms with Gasteiger partial charge in [0.05, 0.1) is 0 Å². The van der Waals surface area contributed by atoms with E-state index in [2.05, 4.69) is 20.7 Å². The minimum atomic E-state index is -0.0429. The maximum Gasteiger partial charge on any atom is 0.256 e. The van der Waals surface area contributed by atoms with Gasteiger partial charge in [-0.25, -0.2) is 0 Å². The Kier molecular flexibility index (Phi) is 2.57. The Morgan fingerprint density at radius 2 is 1.90 bits per heavy atom. The Hall–Kier alpha value is -2.95. The summed E-state index contributed by atoms with van der Waals surface area (Å²) in [6, 6.07) is 13.6. The number of aromatic amines is 1. The van der Waals surface area contributed by atoms with E-state index in [9.17, 15) is 4.79 Å². The van der Waals surface area contributed by atoms with Crippen LogP contribution in [0.2, 0.25) is 0 Å². The molecular formula is C16H12N4O. The van der Waals surface area contributed by atoms with Crippen LogP contribution in [0.25, 0.3) is 16.6 Å². The van der Waals surface area contributed by atoms with Gasteiger partial charge in [0.2, 0.25) is 0 Å². The number of anilines is 1. The molecule has 0 saturated heterocycles. The molecule has 1 aliphatic rings. The molecule has 1 aromatic heterocycles. The van der Waals surface area contributed by atoms with Crippen LogP contribution in [0.4, 0.5) is 5.69 Å². The molecule has 0 radical (unpaired) electrons. The van der Waals surface area contributed by atoms with E-state index in [1.807, 2.05) is 48.5 Å². The van der Waals surface area contributed by atoms with Crippen molar-refractivity contribution in [1.82, 2.24) is 15.4 Å². The summed E-state index contributed by atoms with van der Waals surface area (Å²) in [7, 11) is 0. The van der Waals surface area contributed by atoms with Gasteiger partial charge in [0.25, 0.3) is 5.91 Å². The number of hydrogen-bond acceptors (Lipinski definition) is 3. The van der Waals surface area contributed by atoms with Crippen LogP contribution in [-0.4, -0.2) is 21.3 Å². The standard InChI is InChI=1S/C16H12N4O/c21-16-12(11-3-1-2-4-13(11)17-16)7-5-10-6-8-14-15(9-10)19-20-18-14/h1-4,6-9H,5H2,(H,17,21)(H,18,19,20)/b12-7-. The van der Waals surface area contributed by atoms with Crippen molar-refractivity contribution in [1.29, 1.82) is 0 Å². The Morgan fingerprint density at radius 1 is 1.05 bits per heavy atom. The van der Waals surface area contributed by atoms with Gasteiger partial charge in [-0.2, -0.15) is 15.4 Å². The number of rotatable bonds is 2. The summed E-state index contributed by atoms with van der Waals surface area (Å²) in [6.45, 7) is 0. The molecule has 0 spiro atoms. The summed E-state index contributed by atoms with van der Waals surface area (Å²) < 4.78 is 0. The second-order valence-electron chi connectivity index (χ2n) is 4.97. The first-order valence-corrected chi connectivity index (χ1v) is 6.71. The summed E-state index contributed by atoms with van der Waals surface area (Å²) in [6.07, 6.45) is 2.64. The highest BCUT2D eigenvalue weighted by atomic mass is 16.2. The summed E-state index contributed by atoms with van der Waals surface area (Å²) in [5, 5.41) is 13.6. The van der Waals surface area contributed by atoms with Crippen molar-refractivity contribution in [2.24, 2.45) is 0 Å². The number of para-hydroxylation sites is 1. The van der Waals surface area contributed by atoms with Crippen LogP contribution in [0.15, 0.2) is 48.5 Å². The molecule has 1 aliphatic heterocycles. The van der Waals surface area contributed by atoms with Gasteiger partial charge in [-0.05, 0) is 30.2 Å². The third-order valence-corrected chi connectivity index (χ3v) is 3.63. The van der Waals surface area contributed by atoms with Gasteiger partial charge in [0.15, 0.2) is 0 Å². The van der Waals surface area contributed by atoms with E-state index in [0.717, 1.165) is 33.4 Å². The lowest BCUT2D eigenvalue weighted by Crippen LogP contribution is -2.03. The molecular weight excluding hydrogens is 264 g/mol. The fourth-order valence-electron chi connectivity index (χ4n) is 2.57. The minimum absolute atomic E-state index is 0.0429. The predicted octanol–water partition coefficient (Wildman–Crippen LogP) is 2.54. The van der Waals surface area contributed by atoms with Crippen molar-refractivity contribution in [3.05, 3.63) is 59.7 Å². The van der Waals surface area contributed by atoms with E-state index in [1.165, 1.54) is 0 Å². The van der Waals surface area contributed by atoms with Crippen molar-refractivity contribution in [2.75, 3.05) is 5.32 Å². The quantitative estimate of drug-likeness (QED) is 0.707. The van der Waals surface area contributed by atoms with Crippen LogP contribution in [0, 0.1) is 0 Å². The van der Waals surface area contributed by atoms with Crippen LogP contribution < -0.4 is 5.32 Å². The molecule has 3 aromatic rings. The monoisotopic (exact) mass is 276 g/mol. The second-order valence-corrected chi connectivity index (χ2v) is 4.97. The molecule has 102 valence electrons. The van der Waals surface area contributed by atoms with E-state index >= 15 is 0 Å². The summed E-state index contributed by atoms with van der Waals surface area (Å²) in [4.78, 5) is 12.0. The molecule has 1 amide bonds. The average Bonchev–Trinajstić information content (AvgIpc) is 3.08. The molecule has 0 aliphatic carbocycles. The molecule has 2 aromatic carbocycles. The first-order valence-electron chi connectivity index (χ1n) is 6.71. The first kappa shape index (κ1) is 11.8. The number of nitrogens with one attached hydrogen (secondary N) is 2. The third kappa shape index (κ3) is 1.99. The summed E-state index contributed by atoms with van der Waals surface area (Å²) in [5.41, 5.74) is 5.34. The number of H-pyrrole nitrogens is 1. The van der Waals surface area contributed by atoms with E-state index < -0.39 is 0 Å². The number of hydrogen-bond donors (Lipinski definition) is 2. The van der Waals surface area contributed by atoms with Gasteiger partial charge in [-0.3, -0.25) is 4.79 Å². The van der Waals surface area contributed by atoms with Crippen molar-refractivity contribution in [2.45, 2.75) is 6.42 Å². The smallest absolute Gasteiger partial charge is 0.256 e. The minimum Gasteiger partial charge on any atom is -0.321 e. The zero-order chi connectivity index (χ0) is 14.2. The number of nitrogens with zero attached hydrogens (tertiary/aromatic N) is 2. The fourth-order valence-corrected chi connectivity index (χ4v) is 2.57. The zero-order valence-electron chi connectivity index (χ0n) is 11.1. The predicted molar refractivity (Wildman–Crippen MR) is 80.6 cm³/mol.